The first-order valence-electron chi connectivity index (χ1n) is 17.5. The molecule has 3 nitrogen and oxygen atoms in total. The smallest absolute Gasteiger partial charge is 0.143 e. The Morgan fingerprint density at radius 2 is 0.981 bits per heavy atom. The first-order chi connectivity index (χ1) is 25.8. The summed E-state index contributed by atoms with van der Waals surface area (Å²) in [6.45, 7) is 0. The van der Waals surface area contributed by atoms with E-state index in [1.807, 2.05) is 23.5 Å². The van der Waals surface area contributed by atoms with Gasteiger partial charge in [-0.1, -0.05) is 133 Å². The molecule has 0 aliphatic rings. The normalized spacial score (nSPS) is 11.8. The molecule has 8 aromatic carbocycles. The molecule has 0 amide bonds. The Morgan fingerprint density at radius 3 is 1.81 bits per heavy atom. The fourth-order valence-electron chi connectivity index (χ4n) is 7.95. The van der Waals surface area contributed by atoms with Crippen molar-refractivity contribution in [1.29, 1.82) is 0 Å². The van der Waals surface area contributed by atoms with Gasteiger partial charge in [-0.05, 0) is 53.1 Å². The highest BCUT2D eigenvalue weighted by Gasteiger charge is 2.24. The molecule has 0 spiro atoms. The summed E-state index contributed by atoms with van der Waals surface area (Å²) in [5.74, 6) is 0. The van der Waals surface area contributed by atoms with Crippen LogP contribution < -0.4 is 4.90 Å². The highest BCUT2D eigenvalue weighted by Crippen LogP contribution is 2.50. The molecule has 0 aliphatic heterocycles. The van der Waals surface area contributed by atoms with E-state index >= 15 is 0 Å². The molecule has 11 aromatic rings. The van der Waals surface area contributed by atoms with Gasteiger partial charge in [-0.25, -0.2) is 0 Å². The third-order valence-electron chi connectivity index (χ3n) is 10.3. The quantitative estimate of drug-likeness (QED) is 0.181. The summed E-state index contributed by atoms with van der Waals surface area (Å²) in [4.78, 5) is 2.40. The minimum atomic E-state index is 0.848. The maximum absolute atomic E-state index is 6.77. The number of anilines is 3. The Bertz CT molecular complexity index is 3130. The maximum atomic E-state index is 6.77. The maximum Gasteiger partial charge on any atom is 0.143 e. The summed E-state index contributed by atoms with van der Waals surface area (Å²) in [6, 6.07) is 62.3. The van der Waals surface area contributed by atoms with Crippen LogP contribution in [0.5, 0.6) is 0 Å². The number of hydrogen-bond acceptors (Lipinski definition) is 4. The van der Waals surface area contributed by atoms with Gasteiger partial charge in [0.25, 0.3) is 0 Å². The van der Waals surface area contributed by atoms with E-state index in [-0.39, 0.29) is 0 Å². The summed E-state index contributed by atoms with van der Waals surface area (Å²) < 4.78 is 15.8. The summed E-state index contributed by atoms with van der Waals surface area (Å²) in [7, 11) is 0. The molecule has 0 atom stereocenters. The van der Waals surface area contributed by atoms with Gasteiger partial charge in [0.05, 0.1) is 21.5 Å². The second kappa shape index (κ2) is 11.5. The van der Waals surface area contributed by atoms with Crippen molar-refractivity contribution in [2.75, 3.05) is 4.90 Å². The Kier molecular flexibility index (Phi) is 6.42. The number of furan rings is 2. The lowest BCUT2D eigenvalue weighted by Gasteiger charge is -2.26. The van der Waals surface area contributed by atoms with E-state index in [2.05, 4.69) is 169 Å². The molecule has 11 rings (SSSR count). The van der Waals surface area contributed by atoms with Gasteiger partial charge in [-0.3, -0.25) is 0 Å². The van der Waals surface area contributed by atoms with Crippen LogP contribution in [-0.2, 0) is 0 Å². The van der Waals surface area contributed by atoms with Crippen molar-refractivity contribution < 1.29 is 8.83 Å². The fourth-order valence-corrected chi connectivity index (χ4v) is 9.29. The van der Waals surface area contributed by atoms with Gasteiger partial charge in [-0.2, -0.15) is 0 Å². The zero-order valence-corrected chi connectivity index (χ0v) is 28.7. The molecule has 0 radical (unpaired) electrons. The van der Waals surface area contributed by atoms with E-state index in [9.17, 15) is 0 Å². The molecule has 0 unspecified atom stereocenters. The highest BCUT2D eigenvalue weighted by molar-refractivity contribution is 7.27. The zero-order valence-electron chi connectivity index (χ0n) is 27.9. The van der Waals surface area contributed by atoms with Crippen LogP contribution in [0, 0.1) is 0 Å². The first-order valence-corrected chi connectivity index (χ1v) is 18.3. The van der Waals surface area contributed by atoms with Crippen molar-refractivity contribution in [3.63, 3.8) is 0 Å². The lowest BCUT2D eigenvalue weighted by atomic mass is 10.0. The molecule has 0 saturated heterocycles. The average Bonchev–Trinajstić information content (AvgIpc) is 3.90. The number of benzene rings is 8. The molecule has 0 aliphatic carbocycles. The van der Waals surface area contributed by atoms with E-state index in [1.54, 1.807) is 0 Å². The van der Waals surface area contributed by atoms with Crippen molar-refractivity contribution in [3.05, 3.63) is 176 Å². The highest BCUT2D eigenvalue weighted by atomic mass is 32.1. The van der Waals surface area contributed by atoms with Gasteiger partial charge in [0.15, 0.2) is 0 Å². The second-order valence-corrected chi connectivity index (χ2v) is 14.2. The van der Waals surface area contributed by atoms with Crippen LogP contribution in [0.2, 0.25) is 0 Å². The molecule has 52 heavy (non-hydrogen) atoms. The van der Waals surface area contributed by atoms with Crippen molar-refractivity contribution in [2.45, 2.75) is 0 Å². The molecule has 0 saturated carbocycles. The average molecular weight is 684 g/mol. The molecular weight excluding hydrogens is 655 g/mol. The van der Waals surface area contributed by atoms with Crippen molar-refractivity contribution >= 4 is 92.4 Å². The molecular formula is C48H29NO2S. The molecule has 0 N–H and O–H groups in total. The van der Waals surface area contributed by atoms with Crippen molar-refractivity contribution in [2.24, 2.45) is 0 Å². The fraction of sp³-hybridized carbons (Fsp3) is 0. The Labute approximate surface area is 303 Å². The van der Waals surface area contributed by atoms with Gasteiger partial charge in [0.2, 0.25) is 0 Å². The summed E-state index contributed by atoms with van der Waals surface area (Å²) in [6.07, 6.45) is 0. The lowest BCUT2D eigenvalue weighted by molar-refractivity contribution is 0.669. The molecule has 3 heterocycles. The summed E-state index contributed by atoms with van der Waals surface area (Å²) in [5, 5.41) is 6.87. The monoisotopic (exact) mass is 683 g/mol. The molecule has 3 aromatic heterocycles. The zero-order chi connectivity index (χ0) is 34.2. The van der Waals surface area contributed by atoms with E-state index in [4.69, 9.17) is 8.83 Å². The Balaban J connectivity index is 1.22. The number of nitrogens with zero attached hydrogens (tertiary/aromatic N) is 1. The summed E-state index contributed by atoms with van der Waals surface area (Å²) >= 11 is 1.86. The van der Waals surface area contributed by atoms with Gasteiger partial charge in [0.1, 0.15) is 22.3 Å². The third kappa shape index (κ3) is 4.38. The predicted molar refractivity (Wildman–Crippen MR) is 219 cm³/mol. The van der Waals surface area contributed by atoms with Crippen LogP contribution in [0.15, 0.2) is 185 Å². The minimum Gasteiger partial charge on any atom is -0.456 e. The van der Waals surface area contributed by atoms with Crippen molar-refractivity contribution in [3.8, 4) is 22.3 Å². The van der Waals surface area contributed by atoms with E-state index in [0.717, 1.165) is 72.1 Å². The van der Waals surface area contributed by atoms with Crippen LogP contribution >= 0.6 is 11.3 Å². The van der Waals surface area contributed by atoms with Crippen LogP contribution in [0.25, 0.3) is 86.3 Å². The number of rotatable bonds is 5. The van der Waals surface area contributed by atoms with E-state index < -0.39 is 0 Å². The SMILES string of the molecule is c1ccc(-c2cccc3c2oc2cccc(N(c4ccc5c(c4)oc4ccccc45)c4cccc5c4sc4c(-c6ccccc6)cccc45)c23)cc1. The predicted octanol–water partition coefficient (Wildman–Crippen LogP) is 14.7. The number of para-hydroxylation sites is 2. The number of hydrogen-bond donors (Lipinski definition) is 0. The van der Waals surface area contributed by atoms with Crippen LogP contribution in [0.1, 0.15) is 0 Å². The molecule has 0 fully saturated rings. The van der Waals surface area contributed by atoms with Crippen LogP contribution in [-0.4, -0.2) is 0 Å². The second-order valence-electron chi connectivity index (χ2n) is 13.2. The number of thiophene rings is 1. The molecule has 244 valence electrons. The van der Waals surface area contributed by atoms with E-state index in [0.29, 0.717) is 0 Å². The standard InChI is InChI=1S/C48H29NO2S/c1-3-13-30(14-4-1)33-18-9-22-39-45-40(23-12-26-43(45)51-46(33)39)49(32-27-28-36-35-17-7-8-25-42(35)50-44(36)29-32)41-24-11-21-38-37-20-10-19-34(47(37)52-48(38)41)31-15-5-2-6-16-31/h1-29H. The Hall–Kier alpha value is -6.62. The largest absolute Gasteiger partial charge is 0.456 e. The van der Waals surface area contributed by atoms with E-state index in [1.165, 1.54) is 31.3 Å². The third-order valence-corrected chi connectivity index (χ3v) is 11.6. The van der Waals surface area contributed by atoms with Gasteiger partial charge < -0.3 is 13.7 Å². The first kappa shape index (κ1) is 29.1. The lowest BCUT2D eigenvalue weighted by Crippen LogP contribution is -2.10. The van der Waals surface area contributed by atoms with Gasteiger partial charge >= 0.3 is 0 Å². The summed E-state index contributed by atoms with van der Waals surface area (Å²) in [5.41, 5.74) is 11.3. The Morgan fingerprint density at radius 1 is 0.385 bits per heavy atom. The molecule has 0 bridgehead atoms. The number of fused-ring (bicyclic) bond motifs is 9. The minimum absolute atomic E-state index is 0.848. The van der Waals surface area contributed by atoms with Gasteiger partial charge in [0, 0.05) is 48.9 Å². The topological polar surface area (TPSA) is 29.5 Å². The van der Waals surface area contributed by atoms with Crippen LogP contribution in [0.3, 0.4) is 0 Å². The van der Waals surface area contributed by atoms with Gasteiger partial charge in [-0.15, -0.1) is 11.3 Å². The van der Waals surface area contributed by atoms with Crippen LogP contribution in [0.4, 0.5) is 17.1 Å². The molecule has 4 heteroatoms. The van der Waals surface area contributed by atoms with Crippen molar-refractivity contribution in [1.82, 2.24) is 0 Å².